The highest BCUT2D eigenvalue weighted by atomic mass is 16.6. The number of rotatable bonds is 55. The van der Waals surface area contributed by atoms with Gasteiger partial charge in [0.05, 0.1) is 6.42 Å². The average molecular weight is 1080 g/mol. The van der Waals surface area contributed by atoms with Crippen molar-refractivity contribution in [2.24, 2.45) is 0 Å². The van der Waals surface area contributed by atoms with Gasteiger partial charge in [-0.1, -0.05) is 275 Å². The molecule has 78 heavy (non-hydrogen) atoms. The zero-order valence-electron chi connectivity index (χ0n) is 50.1. The van der Waals surface area contributed by atoms with Gasteiger partial charge in [0.1, 0.15) is 13.2 Å². The second-order valence-electron chi connectivity index (χ2n) is 20.2. The molecule has 0 saturated heterocycles. The van der Waals surface area contributed by atoms with Crippen molar-refractivity contribution >= 4 is 17.9 Å². The number of hydrogen-bond donors (Lipinski definition) is 0. The molecule has 0 aliphatic carbocycles. The minimum absolute atomic E-state index is 0.0899. The van der Waals surface area contributed by atoms with Crippen molar-refractivity contribution in [1.29, 1.82) is 0 Å². The van der Waals surface area contributed by atoms with Crippen LogP contribution < -0.4 is 0 Å². The molecule has 0 spiro atoms. The smallest absolute Gasteiger partial charge is 0.310 e. The summed E-state index contributed by atoms with van der Waals surface area (Å²) in [6.07, 6.45) is 94.4. The Morgan fingerprint density at radius 2 is 0.538 bits per heavy atom. The summed E-state index contributed by atoms with van der Waals surface area (Å²) in [5, 5.41) is 0. The fraction of sp³-hybridized carbons (Fsp3) is 0.597. The van der Waals surface area contributed by atoms with Crippen LogP contribution in [0.5, 0.6) is 0 Å². The maximum absolute atomic E-state index is 12.8. The summed E-state index contributed by atoms with van der Waals surface area (Å²) in [6, 6.07) is 0. The van der Waals surface area contributed by atoms with Crippen molar-refractivity contribution in [3.05, 3.63) is 158 Å². The molecule has 0 saturated carbocycles. The summed E-state index contributed by atoms with van der Waals surface area (Å²) < 4.78 is 16.7. The molecule has 1 unspecified atom stereocenters. The molecular formula is C72H114O6. The van der Waals surface area contributed by atoms with Gasteiger partial charge < -0.3 is 14.2 Å². The number of unbranched alkanes of at least 4 members (excludes halogenated alkanes) is 19. The Balaban J connectivity index is 4.20. The van der Waals surface area contributed by atoms with Crippen molar-refractivity contribution in [1.82, 2.24) is 0 Å². The summed E-state index contributed by atoms with van der Waals surface area (Å²) in [6.45, 7) is 6.25. The van der Waals surface area contributed by atoms with Gasteiger partial charge in [-0.05, 0) is 122 Å². The van der Waals surface area contributed by atoms with Crippen LogP contribution in [0, 0.1) is 0 Å². The predicted octanol–water partition coefficient (Wildman–Crippen LogP) is 21.7. The fourth-order valence-corrected chi connectivity index (χ4v) is 8.15. The van der Waals surface area contributed by atoms with E-state index < -0.39 is 12.1 Å². The molecule has 0 aromatic carbocycles. The maximum Gasteiger partial charge on any atom is 0.310 e. The molecule has 0 aromatic rings. The highest BCUT2D eigenvalue weighted by Gasteiger charge is 2.19. The molecule has 0 bridgehead atoms. The Bertz CT molecular complexity index is 1760. The summed E-state index contributed by atoms with van der Waals surface area (Å²) in [5.74, 6) is -1.07. The van der Waals surface area contributed by atoms with Gasteiger partial charge in [0.15, 0.2) is 6.10 Å². The Hall–Kier alpha value is -4.97. The topological polar surface area (TPSA) is 78.9 Å². The summed E-state index contributed by atoms with van der Waals surface area (Å²) in [4.78, 5) is 38.0. The number of carbonyl (C=O) groups excluding carboxylic acids is 3. The first-order valence-electron chi connectivity index (χ1n) is 31.5. The third-order valence-corrected chi connectivity index (χ3v) is 12.8. The average Bonchev–Trinajstić information content (AvgIpc) is 3.44. The minimum atomic E-state index is -0.841. The fourth-order valence-electron chi connectivity index (χ4n) is 8.15. The third kappa shape index (κ3) is 61.9. The van der Waals surface area contributed by atoms with Crippen molar-refractivity contribution in [3.63, 3.8) is 0 Å². The Labute approximate surface area is 480 Å². The maximum atomic E-state index is 12.8. The van der Waals surface area contributed by atoms with Crippen LogP contribution >= 0.6 is 0 Å². The molecule has 6 nitrogen and oxygen atoms in total. The Kier molecular flexibility index (Phi) is 60.4. The Morgan fingerprint density at radius 3 is 0.859 bits per heavy atom. The molecule has 438 valence electrons. The van der Waals surface area contributed by atoms with Crippen LogP contribution in [0.2, 0.25) is 0 Å². The van der Waals surface area contributed by atoms with Crippen LogP contribution in [0.4, 0.5) is 0 Å². The van der Waals surface area contributed by atoms with Gasteiger partial charge in [-0.2, -0.15) is 0 Å². The van der Waals surface area contributed by atoms with Crippen LogP contribution in [-0.2, 0) is 28.6 Å². The summed E-state index contributed by atoms with van der Waals surface area (Å²) in [5.41, 5.74) is 0. The lowest BCUT2D eigenvalue weighted by Crippen LogP contribution is -2.30. The standard InChI is InChI=1S/C72H114O6/c1-4-7-10-13-16-19-22-24-26-27-28-29-30-31-32-33-34-35-36-37-38-39-40-41-42-43-44-45-47-48-50-53-56-59-62-65-71(74)77-68-69(67-76-70(73)64-61-58-55-52-21-18-15-12-9-6-3)78-72(75)66-63-60-57-54-51-49-46-25-23-20-17-14-11-8-5-2/h7-8,10-12,15-17,19-20,24-26,28-29,31-32,34-35,37-38,46,51,54,60,63,69H,4-6,9,13-14,18,21-23,27,30,33,36,39-45,47-50,52-53,55-59,61-62,64-68H2,1-3H3/b10-7-,11-8-,15-12-,19-16-,20-17-,26-24-,29-28-,32-31-,35-34-,38-37-,46-25-,54-51-,63-60-. The van der Waals surface area contributed by atoms with E-state index in [1.807, 2.05) is 6.08 Å². The molecule has 0 aliphatic heterocycles. The quantitative estimate of drug-likeness (QED) is 0.0261. The molecule has 0 rings (SSSR count). The monoisotopic (exact) mass is 1070 g/mol. The molecule has 0 aliphatic rings. The van der Waals surface area contributed by atoms with Crippen molar-refractivity contribution in [2.75, 3.05) is 13.2 Å². The summed E-state index contributed by atoms with van der Waals surface area (Å²) >= 11 is 0. The number of esters is 3. The SMILES string of the molecule is CC/C=C\C/C=C\C/C=C\C/C=C\C/C=C\C/C=C\C/C=C\CCCCCCCCCCCCCCCC(=O)OCC(COC(=O)CCCCCCC/C=C\CCC)OC(=O)C/C=C\C/C=C\C/C=C\C/C=C\C/C=C\CC. The van der Waals surface area contributed by atoms with E-state index in [-0.39, 0.29) is 31.6 Å². The highest BCUT2D eigenvalue weighted by Crippen LogP contribution is 2.15. The molecular weight excluding hydrogens is 961 g/mol. The van der Waals surface area contributed by atoms with E-state index in [1.165, 1.54) is 83.5 Å². The Morgan fingerprint density at radius 1 is 0.282 bits per heavy atom. The van der Waals surface area contributed by atoms with Gasteiger partial charge in [-0.25, -0.2) is 0 Å². The second kappa shape index (κ2) is 64.6. The van der Waals surface area contributed by atoms with Gasteiger partial charge >= 0.3 is 17.9 Å². The van der Waals surface area contributed by atoms with Gasteiger partial charge in [-0.15, -0.1) is 0 Å². The van der Waals surface area contributed by atoms with E-state index in [4.69, 9.17) is 14.2 Å². The predicted molar refractivity (Wildman–Crippen MR) is 338 cm³/mol. The molecule has 1 atom stereocenters. The molecule has 6 heteroatoms. The first kappa shape index (κ1) is 73.0. The lowest BCUT2D eigenvalue weighted by Gasteiger charge is -2.18. The van der Waals surface area contributed by atoms with Gasteiger partial charge in [0, 0.05) is 12.8 Å². The zero-order chi connectivity index (χ0) is 56.4. The van der Waals surface area contributed by atoms with Crippen molar-refractivity contribution in [2.45, 2.75) is 264 Å². The van der Waals surface area contributed by atoms with Crippen LogP contribution in [0.25, 0.3) is 0 Å². The van der Waals surface area contributed by atoms with E-state index in [9.17, 15) is 14.4 Å². The molecule has 0 fully saturated rings. The van der Waals surface area contributed by atoms with Crippen molar-refractivity contribution < 1.29 is 28.6 Å². The van der Waals surface area contributed by atoms with E-state index in [0.29, 0.717) is 19.3 Å². The first-order chi connectivity index (χ1) is 38.5. The van der Waals surface area contributed by atoms with Gasteiger partial charge in [0.2, 0.25) is 0 Å². The second-order valence-corrected chi connectivity index (χ2v) is 20.2. The molecule has 0 radical (unpaired) electrons. The normalized spacial score (nSPS) is 13.2. The largest absolute Gasteiger partial charge is 0.462 e. The third-order valence-electron chi connectivity index (χ3n) is 12.8. The van der Waals surface area contributed by atoms with Crippen LogP contribution in [0.1, 0.15) is 258 Å². The first-order valence-corrected chi connectivity index (χ1v) is 31.5. The lowest BCUT2D eigenvalue weighted by molar-refractivity contribution is -0.166. The minimum Gasteiger partial charge on any atom is -0.462 e. The van der Waals surface area contributed by atoms with E-state index in [2.05, 4.69) is 167 Å². The van der Waals surface area contributed by atoms with Crippen LogP contribution in [0.3, 0.4) is 0 Å². The number of hydrogen-bond acceptors (Lipinski definition) is 6. The number of allylic oxidation sites excluding steroid dienone is 25. The van der Waals surface area contributed by atoms with Crippen LogP contribution in [0.15, 0.2) is 158 Å². The number of carbonyl (C=O) groups is 3. The number of ether oxygens (including phenoxy) is 3. The zero-order valence-corrected chi connectivity index (χ0v) is 50.1. The van der Waals surface area contributed by atoms with Crippen molar-refractivity contribution in [3.8, 4) is 0 Å². The molecule has 0 heterocycles. The van der Waals surface area contributed by atoms with Gasteiger partial charge in [-0.3, -0.25) is 14.4 Å². The highest BCUT2D eigenvalue weighted by molar-refractivity contribution is 5.72. The molecule has 0 amide bonds. The molecule has 0 N–H and O–H groups in total. The van der Waals surface area contributed by atoms with E-state index in [1.54, 1.807) is 6.08 Å². The lowest BCUT2D eigenvalue weighted by atomic mass is 10.0. The van der Waals surface area contributed by atoms with Crippen LogP contribution in [-0.4, -0.2) is 37.2 Å². The molecule has 0 aromatic heterocycles. The van der Waals surface area contributed by atoms with E-state index in [0.717, 1.165) is 128 Å². The van der Waals surface area contributed by atoms with Gasteiger partial charge in [0.25, 0.3) is 0 Å². The summed E-state index contributed by atoms with van der Waals surface area (Å²) in [7, 11) is 0. The van der Waals surface area contributed by atoms with E-state index >= 15 is 0 Å².